The number of aromatic nitrogens is 3. The summed E-state index contributed by atoms with van der Waals surface area (Å²) in [4.78, 5) is 25.5. The van der Waals surface area contributed by atoms with Crippen molar-refractivity contribution in [3.63, 3.8) is 0 Å². The molecule has 2 aromatic rings. The molecule has 1 N–H and O–H groups in total. The molecule has 0 spiro atoms. The van der Waals surface area contributed by atoms with Gasteiger partial charge < -0.3 is 14.8 Å². The summed E-state index contributed by atoms with van der Waals surface area (Å²) in [6, 6.07) is 5.25. The van der Waals surface area contributed by atoms with E-state index in [-0.39, 0.29) is 17.6 Å². The van der Waals surface area contributed by atoms with Crippen LogP contribution < -0.4 is 10.2 Å². The van der Waals surface area contributed by atoms with Crippen LogP contribution in [0.1, 0.15) is 67.7 Å². The van der Waals surface area contributed by atoms with Crippen LogP contribution >= 0.6 is 0 Å². The molecule has 9 heteroatoms. The standard InChI is InChI=1S/C20H26N6O3/c1-13(2)22-20(27)15-3-6-17(18(11-15)26(28)29)24-9-7-14(8-10-24)19-23-21-12-25(19)16-4-5-16/h3,6,11-14,16H,4-5,7-10H2,1-2H3,(H,22,27). The van der Waals surface area contributed by atoms with E-state index in [1.54, 1.807) is 12.1 Å². The molecule has 2 heterocycles. The number of carbonyl (C=O) groups excluding carboxylic acids is 1. The normalized spacial score (nSPS) is 17.6. The maximum atomic E-state index is 12.2. The van der Waals surface area contributed by atoms with E-state index in [2.05, 4.69) is 20.1 Å². The number of amides is 1. The maximum absolute atomic E-state index is 12.2. The molecule has 1 saturated carbocycles. The maximum Gasteiger partial charge on any atom is 0.293 e. The Bertz CT molecular complexity index is 913. The van der Waals surface area contributed by atoms with E-state index in [0.717, 1.165) is 18.7 Å². The van der Waals surface area contributed by atoms with Crippen molar-refractivity contribution in [3.8, 4) is 0 Å². The van der Waals surface area contributed by atoms with Gasteiger partial charge >= 0.3 is 0 Å². The minimum Gasteiger partial charge on any atom is -0.366 e. The van der Waals surface area contributed by atoms with Gasteiger partial charge in [0.25, 0.3) is 11.6 Å². The number of rotatable bonds is 6. The fraction of sp³-hybridized carbons (Fsp3) is 0.550. The summed E-state index contributed by atoms with van der Waals surface area (Å²) >= 11 is 0. The van der Waals surface area contributed by atoms with Crippen molar-refractivity contribution in [2.24, 2.45) is 0 Å². The van der Waals surface area contributed by atoms with E-state index in [4.69, 9.17) is 0 Å². The number of benzene rings is 1. The fourth-order valence-corrected chi connectivity index (χ4v) is 3.98. The van der Waals surface area contributed by atoms with Crippen molar-refractivity contribution in [2.75, 3.05) is 18.0 Å². The highest BCUT2D eigenvalue weighted by Gasteiger charge is 2.32. The molecule has 2 fully saturated rings. The van der Waals surface area contributed by atoms with Gasteiger partial charge in [0.15, 0.2) is 0 Å². The molecular weight excluding hydrogens is 372 g/mol. The zero-order valence-corrected chi connectivity index (χ0v) is 16.7. The Balaban J connectivity index is 1.49. The second-order valence-corrected chi connectivity index (χ2v) is 8.18. The Kier molecular flexibility index (Phi) is 5.21. The highest BCUT2D eigenvalue weighted by molar-refractivity contribution is 5.96. The summed E-state index contributed by atoms with van der Waals surface area (Å²) in [5.74, 6) is 1.07. The second kappa shape index (κ2) is 7.81. The number of hydrogen-bond donors (Lipinski definition) is 1. The molecule has 1 aliphatic heterocycles. The van der Waals surface area contributed by atoms with Gasteiger partial charge in [0, 0.05) is 42.7 Å². The molecule has 1 amide bonds. The minimum absolute atomic E-state index is 0.0268. The third-order valence-electron chi connectivity index (χ3n) is 5.60. The van der Waals surface area contributed by atoms with Crippen LogP contribution in [0.3, 0.4) is 0 Å². The van der Waals surface area contributed by atoms with Crippen molar-refractivity contribution >= 4 is 17.3 Å². The van der Waals surface area contributed by atoms with E-state index in [9.17, 15) is 14.9 Å². The van der Waals surface area contributed by atoms with Crippen LogP contribution in [0.4, 0.5) is 11.4 Å². The average molecular weight is 398 g/mol. The van der Waals surface area contributed by atoms with Crippen LogP contribution in [0.5, 0.6) is 0 Å². The minimum atomic E-state index is -0.405. The van der Waals surface area contributed by atoms with Crippen LogP contribution in [-0.2, 0) is 0 Å². The van der Waals surface area contributed by atoms with Gasteiger partial charge in [0.2, 0.25) is 0 Å². The number of carbonyl (C=O) groups is 1. The first kappa shape index (κ1) is 19.4. The zero-order chi connectivity index (χ0) is 20.5. The lowest BCUT2D eigenvalue weighted by molar-refractivity contribution is -0.384. The van der Waals surface area contributed by atoms with E-state index in [1.165, 1.54) is 18.9 Å². The summed E-state index contributed by atoms with van der Waals surface area (Å²) in [5, 5.41) is 22.9. The van der Waals surface area contributed by atoms with Crippen molar-refractivity contribution in [3.05, 3.63) is 46.0 Å². The topological polar surface area (TPSA) is 106 Å². The lowest BCUT2D eigenvalue weighted by atomic mass is 9.95. The van der Waals surface area contributed by atoms with Gasteiger partial charge in [-0.15, -0.1) is 10.2 Å². The first-order valence-electron chi connectivity index (χ1n) is 10.2. The van der Waals surface area contributed by atoms with Crippen LogP contribution in [0, 0.1) is 10.1 Å². The van der Waals surface area contributed by atoms with Crippen molar-refractivity contribution in [1.82, 2.24) is 20.1 Å². The summed E-state index contributed by atoms with van der Waals surface area (Å²) in [6.07, 6.45) is 5.95. The van der Waals surface area contributed by atoms with Crippen molar-refractivity contribution < 1.29 is 9.72 Å². The smallest absolute Gasteiger partial charge is 0.293 e. The van der Waals surface area contributed by atoms with Crippen LogP contribution in [-0.4, -0.2) is 44.7 Å². The summed E-state index contributed by atoms with van der Waals surface area (Å²) in [6.45, 7) is 5.13. The molecule has 4 rings (SSSR count). The Hall–Kier alpha value is -2.97. The second-order valence-electron chi connectivity index (χ2n) is 8.18. The largest absolute Gasteiger partial charge is 0.366 e. The van der Waals surface area contributed by atoms with Gasteiger partial charge in [0.05, 0.1) is 4.92 Å². The van der Waals surface area contributed by atoms with E-state index < -0.39 is 4.92 Å². The Labute approximate surface area is 169 Å². The molecule has 9 nitrogen and oxygen atoms in total. The molecule has 1 saturated heterocycles. The van der Waals surface area contributed by atoms with Gasteiger partial charge in [0.1, 0.15) is 17.8 Å². The Morgan fingerprint density at radius 1 is 1.24 bits per heavy atom. The highest BCUT2D eigenvalue weighted by Crippen LogP contribution is 2.39. The summed E-state index contributed by atoms with van der Waals surface area (Å²) in [5.41, 5.74) is 0.848. The Morgan fingerprint density at radius 2 is 1.97 bits per heavy atom. The lowest BCUT2D eigenvalue weighted by Crippen LogP contribution is -2.34. The summed E-state index contributed by atoms with van der Waals surface area (Å²) < 4.78 is 2.20. The first-order chi connectivity index (χ1) is 13.9. The molecule has 1 aromatic carbocycles. The number of anilines is 1. The molecule has 0 radical (unpaired) electrons. The van der Waals surface area contributed by atoms with E-state index in [0.29, 0.717) is 36.3 Å². The molecular formula is C20H26N6O3. The third-order valence-corrected chi connectivity index (χ3v) is 5.60. The zero-order valence-electron chi connectivity index (χ0n) is 16.7. The van der Waals surface area contributed by atoms with E-state index >= 15 is 0 Å². The quantitative estimate of drug-likeness (QED) is 0.592. The van der Waals surface area contributed by atoms with Crippen LogP contribution in [0.25, 0.3) is 0 Å². The van der Waals surface area contributed by atoms with Gasteiger partial charge in [-0.1, -0.05) is 0 Å². The molecule has 29 heavy (non-hydrogen) atoms. The first-order valence-corrected chi connectivity index (χ1v) is 10.2. The van der Waals surface area contributed by atoms with Gasteiger partial charge in [-0.25, -0.2) is 0 Å². The molecule has 0 bridgehead atoms. The molecule has 2 aliphatic rings. The number of nitrogens with zero attached hydrogens (tertiary/aromatic N) is 5. The number of nitro benzene ring substituents is 1. The fourth-order valence-electron chi connectivity index (χ4n) is 3.98. The monoisotopic (exact) mass is 398 g/mol. The van der Waals surface area contributed by atoms with Crippen LogP contribution in [0.15, 0.2) is 24.5 Å². The lowest BCUT2D eigenvalue weighted by Gasteiger charge is -2.33. The van der Waals surface area contributed by atoms with E-state index in [1.807, 2.05) is 25.1 Å². The van der Waals surface area contributed by atoms with Gasteiger partial charge in [-0.2, -0.15) is 0 Å². The molecule has 1 aliphatic carbocycles. The average Bonchev–Trinajstić information content (AvgIpc) is 3.43. The number of hydrogen-bond acceptors (Lipinski definition) is 6. The molecule has 0 unspecified atom stereocenters. The van der Waals surface area contributed by atoms with Crippen LogP contribution in [0.2, 0.25) is 0 Å². The third kappa shape index (κ3) is 4.08. The number of piperidine rings is 1. The van der Waals surface area contributed by atoms with Gasteiger partial charge in [-0.05, 0) is 51.7 Å². The van der Waals surface area contributed by atoms with Crippen molar-refractivity contribution in [1.29, 1.82) is 0 Å². The summed E-state index contributed by atoms with van der Waals surface area (Å²) in [7, 11) is 0. The Morgan fingerprint density at radius 3 is 2.59 bits per heavy atom. The SMILES string of the molecule is CC(C)NC(=O)c1ccc(N2CCC(c3nncn3C3CC3)CC2)c([N+](=O)[O-])c1. The number of nitrogens with one attached hydrogen (secondary N) is 1. The number of nitro groups is 1. The molecule has 0 atom stereocenters. The highest BCUT2D eigenvalue weighted by atomic mass is 16.6. The predicted molar refractivity (Wildman–Crippen MR) is 108 cm³/mol. The van der Waals surface area contributed by atoms with Crippen molar-refractivity contribution in [2.45, 2.75) is 57.5 Å². The van der Waals surface area contributed by atoms with Gasteiger partial charge in [-0.3, -0.25) is 14.9 Å². The molecule has 1 aromatic heterocycles. The molecule has 154 valence electrons. The predicted octanol–water partition coefficient (Wildman–Crippen LogP) is 3.04.